The zero-order chi connectivity index (χ0) is 9.54. The zero-order valence-electron chi connectivity index (χ0n) is 7.49. The summed E-state index contributed by atoms with van der Waals surface area (Å²) in [6.45, 7) is 2.28. The molecule has 2 aromatic heterocycles. The van der Waals surface area contributed by atoms with E-state index < -0.39 is 0 Å². The van der Waals surface area contributed by atoms with Crippen molar-refractivity contribution in [2.75, 3.05) is 6.54 Å². The maximum Gasteiger partial charge on any atom is 0.262 e. The number of thiophene rings is 1. The van der Waals surface area contributed by atoms with Crippen LogP contribution in [0.15, 0.2) is 16.2 Å². The average molecular weight is 207 g/mol. The Balaban J connectivity index is 2.42. The highest BCUT2D eigenvalue weighted by Crippen LogP contribution is 2.15. The van der Waals surface area contributed by atoms with E-state index in [1.807, 2.05) is 11.4 Å². The summed E-state index contributed by atoms with van der Waals surface area (Å²) in [4.78, 5) is 17.2. The minimum Gasteiger partial charge on any atom is -0.308 e. The fourth-order valence-electron chi connectivity index (χ4n) is 1.75. The van der Waals surface area contributed by atoms with Crippen molar-refractivity contribution in [1.29, 1.82) is 0 Å². The van der Waals surface area contributed by atoms with E-state index in [1.54, 1.807) is 4.57 Å². The summed E-state index contributed by atoms with van der Waals surface area (Å²) in [5.74, 6) is 0.858. The summed E-state index contributed by atoms with van der Waals surface area (Å²) in [6, 6.07) is 1.85. The van der Waals surface area contributed by atoms with E-state index in [0.717, 1.165) is 29.1 Å². The number of nitrogens with zero attached hydrogens (tertiary/aromatic N) is 2. The molecule has 4 nitrogen and oxygen atoms in total. The normalized spacial score (nSPS) is 15.7. The van der Waals surface area contributed by atoms with Gasteiger partial charge in [0.2, 0.25) is 0 Å². The van der Waals surface area contributed by atoms with E-state index in [9.17, 15) is 4.79 Å². The van der Waals surface area contributed by atoms with Crippen LogP contribution in [0.4, 0.5) is 0 Å². The molecule has 0 amide bonds. The first-order valence-corrected chi connectivity index (χ1v) is 5.42. The summed E-state index contributed by atoms with van der Waals surface area (Å²) in [7, 11) is 0. The van der Waals surface area contributed by atoms with Gasteiger partial charge in [-0.05, 0) is 11.4 Å². The van der Waals surface area contributed by atoms with Crippen molar-refractivity contribution in [2.24, 2.45) is 0 Å². The van der Waals surface area contributed by atoms with Crippen LogP contribution in [0.5, 0.6) is 0 Å². The maximum absolute atomic E-state index is 11.9. The van der Waals surface area contributed by atoms with Gasteiger partial charge in [-0.3, -0.25) is 9.36 Å². The molecule has 1 aliphatic heterocycles. The van der Waals surface area contributed by atoms with Crippen LogP contribution in [0.2, 0.25) is 0 Å². The Kier molecular flexibility index (Phi) is 1.68. The quantitative estimate of drug-likeness (QED) is 0.686. The molecule has 0 spiro atoms. The van der Waals surface area contributed by atoms with Crippen molar-refractivity contribution in [3.05, 3.63) is 27.6 Å². The SMILES string of the molecule is O=c1c2ccsc2nc2n1CCNC2. The van der Waals surface area contributed by atoms with Crippen LogP contribution in [-0.4, -0.2) is 16.1 Å². The minimum absolute atomic E-state index is 0.104. The summed E-state index contributed by atoms with van der Waals surface area (Å²) in [5.41, 5.74) is 0.104. The van der Waals surface area contributed by atoms with Crippen LogP contribution in [-0.2, 0) is 13.1 Å². The van der Waals surface area contributed by atoms with Crippen molar-refractivity contribution < 1.29 is 0 Å². The van der Waals surface area contributed by atoms with Gasteiger partial charge in [0.05, 0.1) is 11.9 Å². The fourth-order valence-corrected chi connectivity index (χ4v) is 2.52. The minimum atomic E-state index is 0.104. The Labute approximate surface area is 84.2 Å². The molecule has 3 rings (SSSR count). The van der Waals surface area contributed by atoms with Gasteiger partial charge >= 0.3 is 0 Å². The molecule has 1 N–H and O–H groups in total. The predicted octanol–water partition coefficient (Wildman–Crippen LogP) is 0.561. The molecular formula is C9H9N3OS. The second-order valence-corrected chi connectivity index (χ2v) is 4.20. The average Bonchev–Trinajstić information content (AvgIpc) is 2.66. The number of hydrogen-bond acceptors (Lipinski definition) is 4. The van der Waals surface area contributed by atoms with Crippen LogP contribution in [0.1, 0.15) is 5.82 Å². The van der Waals surface area contributed by atoms with E-state index in [0.29, 0.717) is 6.54 Å². The molecule has 0 aromatic carbocycles. The van der Waals surface area contributed by atoms with E-state index in [2.05, 4.69) is 10.3 Å². The number of fused-ring (bicyclic) bond motifs is 2. The van der Waals surface area contributed by atoms with Gasteiger partial charge in [-0.25, -0.2) is 4.98 Å². The van der Waals surface area contributed by atoms with Crippen LogP contribution in [0.3, 0.4) is 0 Å². The standard InChI is InChI=1S/C9H9N3OS/c13-9-6-1-4-14-8(6)11-7-5-10-2-3-12(7)9/h1,4,10H,2-3,5H2. The smallest absolute Gasteiger partial charge is 0.262 e. The zero-order valence-corrected chi connectivity index (χ0v) is 8.30. The molecule has 0 bridgehead atoms. The molecular weight excluding hydrogens is 198 g/mol. The van der Waals surface area contributed by atoms with Crippen LogP contribution < -0.4 is 10.9 Å². The summed E-state index contributed by atoms with van der Waals surface area (Å²) in [5, 5.41) is 5.87. The number of nitrogens with one attached hydrogen (secondary N) is 1. The lowest BCUT2D eigenvalue weighted by Crippen LogP contribution is -2.36. The Morgan fingerprint density at radius 1 is 1.57 bits per heavy atom. The monoisotopic (exact) mass is 207 g/mol. The van der Waals surface area contributed by atoms with E-state index in [1.165, 1.54) is 11.3 Å². The van der Waals surface area contributed by atoms with Gasteiger partial charge < -0.3 is 5.32 Å². The molecule has 0 fully saturated rings. The first kappa shape index (κ1) is 8.14. The third kappa shape index (κ3) is 1.03. The molecule has 0 atom stereocenters. The maximum atomic E-state index is 11.9. The van der Waals surface area contributed by atoms with Crippen LogP contribution >= 0.6 is 11.3 Å². The topological polar surface area (TPSA) is 46.9 Å². The fraction of sp³-hybridized carbons (Fsp3) is 0.333. The van der Waals surface area contributed by atoms with E-state index in [-0.39, 0.29) is 5.56 Å². The second-order valence-electron chi connectivity index (χ2n) is 3.30. The van der Waals surface area contributed by atoms with Crippen LogP contribution in [0, 0.1) is 0 Å². The van der Waals surface area contributed by atoms with Crippen molar-refractivity contribution in [3.63, 3.8) is 0 Å². The second kappa shape index (κ2) is 2.90. The molecule has 14 heavy (non-hydrogen) atoms. The van der Waals surface area contributed by atoms with Gasteiger partial charge in [0.25, 0.3) is 5.56 Å². The van der Waals surface area contributed by atoms with Crippen molar-refractivity contribution in [3.8, 4) is 0 Å². The third-order valence-corrected chi connectivity index (χ3v) is 3.26. The van der Waals surface area contributed by atoms with Gasteiger partial charge in [-0.1, -0.05) is 0 Å². The largest absolute Gasteiger partial charge is 0.308 e. The molecule has 2 aromatic rings. The summed E-state index contributed by atoms with van der Waals surface area (Å²) < 4.78 is 1.77. The number of rotatable bonds is 0. The lowest BCUT2D eigenvalue weighted by atomic mass is 10.3. The van der Waals surface area contributed by atoms with Crippen LogP contribution in [0.25, 0.3) is 10.2 Å². The van der Waals surface area contributed by atoms with Gasteiger partial charge in [-0.2, -0.15) is 0 Å². The summed E-state index contributed by atoms with van der Waals surface area (Å²) in [6.07, 6.45) is 0. The molecule has 3 heterocycles. The Hall–Kier alpha value is -1.20. The molecule has 0 aliphatic carbocycles. The Morgan fingerprint density at radius 2 is 2.50 bits per heavy atom. The molecule has 0 radical (unpaired) electrons. The summed E-state index contributed by atoms with van der Waals surface area (Å²) >= 11 is 1.52. The molecule has 5 heteroatoms. The van der Waals surface area contributed by atoms with Crippen molar-refractivity contribution in [1.82, 2.24) is 14.9 Å². The van der Waals surface area contributed by atoms with Gasteiger partial charge in [0, 0.05) is 13.1 Å². The third-order valence-electron chi connectivity index (χ3n) is 2.46. The number of aromatic nitrogens is 2. The lowest BCUT2D eigenvalue weighted by molar-refractivity contribution is 0.486. The molecule has 0 saturated carbocycles. The highest BCUT2D eigenvalue weighted by Gasteiger charge is 2.14. The highest BCUT2D eigenvalue weighted by molar-refractivity contribution is 7.16. The van der Waals surface area contributed by atoms with E-state index >= 15 is 0 Å². The van der Waals surface area contributed by atoms with Crippen molar-refractivity contribution >= 4 is 21.6 Å². The Bertz CT molecular complexity index is 542. The lowest BCUT2D eigenvalue weighted by Gasteiger charge is -2.17. The first-order valence-electron chi connectivity index (χ1n) is 4.54. The first-order chi connectivity index (χ1) is 6.86. The Morgan fingerprint density at radius 3 is 3.43 bits per heavy atom. The molecule has 0 unspecified atom stereocenters. The van der Waals surface area contributed by atoms with Crippen molar-refractivity contribution in [2.45, 2.75) is 13.1 Å². The van der Waals surface area contributed by atoms with Gasteiger partial charge in [-0.15, -0.1) is 11.3 Å². The van der Waals surface area contributed by atoms with Gasteiger partial charge in [0.15, 0.2) is 0 Å². The molecule has 1 aliphatic rings. The molecule has 0 saturated heterocycles. The molecule has 72 valence electrons. The van der Waals surface area contributed by atoms with Gasteiger partial charge in [0.1, 0.15) is 10.7 Å². The predicted molar refractivity (Wildman–Crippen MR) is 55.6 cm³/mol. The number of hydrogen-bond donors (Lipinski definition) is 1. The van der Waals surface area contributed by atoms with E-state index in [4.69, 9.17) is 0 Å². The highest BCUT2D eigenvalue weighted by atomic mass is 32.1.